The number of piperidine rings is 1. The van der Waals surface area contributed by atoms with Crippen molar-refractivity contribution in [2.75, 3.05) is 18.0 Å². The van der Waals surface area contributed by atoms with Crippen LogP contribution in [0, 0.1) is 6.92 Å². The van der Waals surface area contributed by atoms with Crippen molar-refractivity contribution >= 4 is 5.82 Å². The summed E-state index contributed by atoms with van der Waals surface area (Å²) >= 11 is 0. The molecule has 0 unspecified atom stereocenters. The molecule has 2 N–H and O–H groups in total. The molecule has 2 aromatic rings. The van der Waals surface area contributed by atoms with Crippen LogP contribution in [0.1, 0.15) is 30.3 Å². The van der Waals surface area contributed by atoms with Crippen molar-refractivity contribution in [3.8, 4) is 0 Å². The van der Waals surface area contributed by atoms with E-state index in [0.29, 0.717) is 11.7 Å². The Labute approximate surface area is 110 Å². The number of hydrogen-bond acceptors (Lipinski definition) is 4. The van der Waals surface area contributed by atoms with E-state index in [1.807, 2.05) is 6.07 Å². The number of rotatable bonds is 2. The van der Waals surface area contributed by atoms with E-state index in [1.54, 1.807) is 19.2 Å². The zero-order chi connectivity index (χ0) is 13.2. The van der Waals surface area contributed by atoms with Gasteiger partial charge in [-0.3, -0.25) is 9.89 Å². The Morgan fingerprint density at radius 2 is 2.37 bits per heavy atom. The summed E-state index contributed by atoms with van der Waals surface area (Å²) in [7, 11) is 0. The van der Waals surface area contributed by atoms with Crippen LogP contribution >= 0.6 is 0 Å². The minimum Gasteiger partial charge on any atom is -0.356 e. The van der Waals surface area contributed by atoms with E-state index in [9.17, 15) is 4.79 Å². The van der Waals surface area contributed by atoms with Gasteiger partial charge in [-0.1, -0.05) is 0 Å². The molecule has 0 aromatic carbocycles. The molecule has 6 heteroatoms. The predicted molar refractivity (Wildman–Crippen MR) is 72.4 cm³/mol. The number of nitrogens with zero attached hydrogens (tertiary/aromatic N) is 3. The summed E-state index contributed by atoms with van der Waals surface area (Å²) in [5, 5.41) is 7.05. The molecule has 100 valence electrons. The van der Waals surface area contributed by atoms with Crippen LogP contribution in [0.3, 0.4) is 0 Å². The van der Waals surface area contributed by atoms with Crippen molar-refractivity contribution in [2.45, 2.75) is 25.7 Å². The molecule has 19 heavy (non-hydrogen) atoms. The van der Waals surface area contributed by atoms with E-state index in [2.05, 4.69) is 25.1 Å². The van der Waals surface area contributed by atoms with Crippen LogP contribution in [0.15, 0.2) is 23.1 Å². The molecule has 2 aromatic heterocycles. The molecule has 0 spiro atoms. The Balaban J connectivity index is 1.83. The van der Waals surface area contributed by atoms with Crippen LogP contribution in [0.2, 0.25) is 0 Å². The van der Waals surface area contributed by atoms with Crippen LogP contribution in [-0.2, 0) is 0 Å². The number of hydrogen-bond donors (Lipinski definition) is 2. The van der Waals surface area contributed by atoms with Gasteiger partial charge in [0.1, 0.15) is 11.6 Å². The summed E-state index contributed by atoms with van der Waals surface area (Å²) in [6.07, 6.45) is 4.02. The molecule has 1 aliphatic heterocycles. The van der Waals surface area contributed by atoms with Crippen molar-refractivity contribution in [2.24, 2.45) is 0 Å². The maximum absolute atomic E-state index is 11.5. The van der Waals surface area contributed by atoms with Crippen LogP contribution in [-0.4, -0.2) is 33.3 Å². The smallest absolute Gasteiger partial charge is 0.252 e. The molecule has 0 amide bonds. The third-order valence-corrected chi connectivity index (χ3v) is 3.55. The number of aryl methyl sites for hydroxylation is 1. The normalized spacial score (nSPS) is 19.6. The fraction of sp³-hybridized carbons (Fsp3) is 0.462. The summed E-state index contributed by atoms with van der Waals surface area (Å²) in [5.74, 6) is 1.86. The van der Waals surface area contributed by atoms with Crippen LogP contribution < -0.4 is 10.5 Å². The maximum Gasteiger partial charge on any atom is 0.252 e. The van der Waals surface area contributed by atoms with Crippen molar-refractivity contribution < 1.29 is 0 Å². The molecule has 0 saturated carbocycles. The van der Waals surface area contributed by atoms with E-state index >= 15 is 0 Å². The van der Waals surface area contributed by atoms with Crippen LogP contribution in [0.25, 0.3) is 0 Å². The van der Waals surface area contributed by atoms with Gasteiger partial charge in [0, 0.05) is 37.0 Å². The van der Waals surface area contributed by atoms with E-state index in [-0.39, 0.29) is 5.56 Å². The number of aromatic nitrogens is 4. The fourth-order valence-electron chi connectivity index (χ4n) is 2.66. The van der Waals surface area contributed by atoms with Crippen molar-refractivity contribution in [3.63, 3.8) is 0 Å². The molecular formula is C13H17N5O. The Kier molecular flexibility index (Phi) is 3.06. The highest BCUT2D eigenvalue weighted by molar-refractivity contribution is 5.39. The van der Waals surface area contributed by atoms with E-state index < -0.39 is 0 Å². The second kappa shape index (κ2) is 4.87. The lowest BCUT2D eigenvalue weighted by atomic mass is 9.95. The molecule has 3 rings (SSSR count). The lowest BCUT2D eigenvalue weighted by Gasteiger charge is -2.33. The molecule has 3 heterocycles. The number of nitrogens with one attached hydrogen (secondary N) is 2. The van der Waals surface area contributed by atoms with Crippen molar-refractivity contribution in [1.29, 1.82) is 0 Å². The summed E-state index contributed by atoms with van der Waals surface area (Å²) < 4.78 is 0. The molecule has 0 bridgehead atoms. The number of aromatic amines is 2. The number of H-pyrrole nitrogens is 2. The Hall–Kier alpha value is -2.11. The first-order chi connectivity index (χ1) is 9.22. The third-order valence-electron chi connectivity index (χ3n) is 3.55. The molecular weight excluding hydrogens is 242 g/mol. The molecule has 1 fully saturated rings. The fourth-order valence-corrected chi connectivity index (χ4v) is 2.66. The van der Waals surface area contributed by atoms with E-state index in [0.717, 1.165) is 37.4 Å². The van der Waals surface area contributed by atoms with Crippen molar-refractivity contribution in [3.05, 3.63) is 40.2 Å². The van der Waals surface area contributed by atoms with Gasteiger partial charge in [0.05, 0.1) is 0 Å². The molecule has 1 saturated heterocycles. The zero-order valence-corrected chi connectivity index (χ0v) is 10.9. The van der Waals surface area contributed by atoms with Gasteiger partial charge in [-0.2, -0.15) is 5.10 Å². The number of anilines is 1. The summed E-state index contributed by atoms with van der Waals surface area (Å²) in [5.41, 5.74) is 1.07. The largest absolute Gasteiger partial charge is 0.356 e. The standard InChI is InChI=1S/C13H17N5O/c1-9-15-12(7-13(19)16-9)18-6-2-3-10(8-18)11-4-5-14-17-11/h4-5,7,10H,2-3,6,8H2,1H3,(H,14,17)(H,15,16,19)/t10-/m0/s1. The average Bonchev–Trinajstić information content (AvgIpc) is 2.92. The second-order valence-electron chi connectivity index (χ2n) is 4.99. The minimum atomic E-state index is -0.0915. The molecule has 0 aliphatic carbocycles. The van der Waals surface area contributed by atoms with Gasteiger partial charge in [0.25, 0.3) is 5.56 Å². The Bertz CT molecular complexity index is 604. The topological polar surface area (TPSA) is 77.7 Å². The SMILES string of the molecule is Cc1nc(N2CCC[C@H](c3ccn[nH]3)C2)cc(=O)[nH]1. The highest BCUT2D eigenvalue weighted by Crippen LogP contribution is 2.27. The third kappa shape index (κ3) is 2.52. The minimum absolute atomic E-state index is 0.0915. The lowest BCUT2D eigenvalue weighted by molar-refractivity contribution is 0.497. The molecule has 0 radical (unpaired) electrons. The highest BCUT2D eigenvalue weighted by Gasteiger charge is 2.23. The zero-order valence-electron chi connectivity index (χ0n) is 10.9. The first-order valence-electron chi connectivity index (χ1n) is 6.54. The molecule has 1 aliphatic rings. The van der Waals surface area contributed by atoms with Gasteiger partial charge in [0.15, 0.2) is 0 Å². The maximum atomic E-state index is 11.5. The average molecular weight is 259 g/mol. The van der Waals surface area contributed by atoms with Crippen LogP contribution in [0.5, 0.6) is 0 Å². The Morgan fingerprint density at radius 1 is 1.47 bits per heavy atom. The van der Waals surface area contributed by atoms with E-state index in [1.165, 1.54) is 0 Å². The molecule has 6 nitrogen and oxygen atoms in total. The van der Waals surface area contributed by atoms with Gasteiger partial charge >= 0.3 is 0 Å². The summed E-state index contributed by atoms with van der Waals surface area (Å²) in [6, 6.07) is 3.59. The van der Waals surface area contributed by atoms with E-state index in [4.69, 9.17) is 0 Å². The van der Waals surface area contributed by atoms with Crippen LogP contribution in [0.4, 0.5) is 5.82 Å². The first kappa shape index (κ1) is 12.0. The van der Waals surface area contributed by atoms with Gasteiger partial charge in [0.2, 0.25) is 0 Å². The highest BCUT2D eigenvalue weighted by atomic mass is 16.1. The van der Waals surface area contributed by atoms with Crippen molar-refractivity contribution in [1.82, 2.24) is 20.2 Å². The van der Waals surface area contributed by atoms with Gasteiger partial charge < -0.3 is 9.88 Å². The summed E-state index contributed by atoms with van der Waals surface area (Å²) in [6.45, 7) is 3.62. The predicted octanol–water partition coefficient (Wildman–Crippen LogP) is 1.19. The Morgan fingerprint density at radius 3 is 3.11 bits per heavy atom. The first-order valence-corrected chi connectivity index (χ1v) is 6.54. The van der Waals surface area contributed by atoms with Gasteiger partial charge in [-0.25, -0.2) is 4.98 Å². The van der Waals surface area contributed by atoms with Gasteiger partial charge in [-0.05, 0) is 25.8 Å². The lowest BCUT2D eigenvalue weighted by Crippen LogP contribution is -2.36. The second-order valence-corrected chi connectivity index (χ2v) is 4.99. The van der Waals surface area contributed by atoms with Gasteiger partial charge in [-0.15, -0.1) is 0 Å². The molecule has 1 atom stereocenters. The monoisotopic (exact) mass is 259 g/mol. The quantitative estimate of drug-likeness (QED) is 0.849. The summed E-state index contributed by atoms with van der Waals surface area (Å²) in [4.78, 5) is 20.8.